The van der Waals surface area contributed by atoms with E-state index in [0.29, 0.717) is 19.6 Å². The molecule has 108 valence electrons. The molecule has 2 rings (SSSR count). The molecule has 1 aromatic rings. The molecule has 1 aliphatic heterocycles. The molecule has 0 aliphatic carbocycles. The first-order chi connectivity index (χ1) is 9.22. The Morgan fingerprint density at radius 2 is 2.26 bits per heavy atom. The molecule has 1 aliphatic rings. The van der Waals surface area contributed by atoms with Crippen molar-refractivity contribution in [1.29, 1.82) is 0 Å². The number of nitrogens with two attached hydrogens (primary N) is 1. The van der Waals surface area contributed by atoms with Crippen LogP contribution in [0.15, 0.2) is 6.33 Å². The molecule has 6 nitrogen and oxygen atoms in total. The Morgan fingerprint density at radius 1 is 1.53 bits per heavy atom. The van der Waals surface area contributed by atoms with Crippen molar-refractivity contribution in [2.45, 2.75) is 50.8 Å². The molecule has 0 saturated carbocycles. The quantitative estimate of drug-likeness (QED) is 0.824. The average molecular weight is 268 g/mol. The molecule has 2 heterocycles. The lowest BCUT2D eigenvalue weighted by atomic mass is 9.84. The van der Waals surface area contributed by atoms with Gasteiger partial charge in [-0.15, -0.1) is 0 Å². The van der Waals surface area contributed by atoms with Crippen LogP contribution < -0.4 is 5.73 Å². The predicted octanol–water partition coefficient (Wildman–Crippen LogP) is 0.754. The van der Waals surface area contributed by atoms with Crippen LogP contribution in [0.3, 0.4) is 0 Å². The fourth-order valence-electron chi connectivity index (χ4n) is 2.67. The van der Waals surface area contributed by atoms with Gasteiger partial charge in [-0.2, -0.15) is 5.10 Å². The lowest BCUT2D eigenvalue weighted by molar-refractivity contribution is -0.104. The smallest absolute Gasteiger partial charge is 0.138 e. The van der Waals surface area contributed by atoms with E-state index >= 15 is 0 Å². The molecule has 19 heavy (non-hydrogen) atoms. The highest BCUT2D eigenvalue weighted by molar-refractivity contribution is 4.99. The standard InChI is InChI=1S/C13H24N4O2/c1-3-6-17-12(15-10-16-17)9-11(14)13(18-2)4-7-19-8-5-13/h10-11H,3-9,14H2,1-2H3. The Labute approximate surface area is 114 Å². The summed E-state index contributed by atoms with van der Waals surface area (Å²) < 4.78 is 13.1. The summed E-state index contributed by atoms with van der Waals surface area (Å²) in [5.74, 6) is 0.942. The number of rotatable bonds is 6. The van der Waals surface area contributed by atoms with Gasteiger partial charge in [0.05, 0.1) is 5.60 Å². The van der Waals surface area contributed by atoms with Crippen LogP contribution in [0.2, 0.25) is 0 Å². The molecule has 2 N–H and O–H groups in total. The van der Waals surface area contributed by atoms with Crippen molar-refractivity contribution in [3.63, 3.8) is 0 Å². The summed E-state index contributed by atoms with van der Waals surface area (Å²) in [5.41, 5.74) is 6.10. The van der Waals surface area contributed by atoms with E-state index in [-0.39, 0.29) is 11.6 Å². The second-order valence-electron chi connectivity index (χ2n) is 5.09. The summed E-state index contributed by atoms with van der Waals surface area (Å²) in [6.07, 6.45) is 5.00. The Hall–Kier alpha value is -0.980. The normalized spacial score (nSPS) is 20.4. The van der Waals surface area contributed by atoms with Gasteiger partial charge < -0.3 is 15.2 Å². The number of nitrogens with zero attached hydrogens (tertiary/aromatic N) is 3. The monoisotopic (exact) mass is 268 g/mol. The van der Waals surface area contributed by atoms with E-state index < -0.39 is 0 Å². The van der Waals surface area contributed by atoms with Crippen LogP contribution in [0.1, 0.15) is 32.0 Å². The van der Waals surface area contributed by atoms with Gasteiger partial charge in [-0.25, -0.2) is 4.98 Å². The largest absolute Gasteiger partial charge is 0.381 e. The van der Waals surface area contributed by atoms with E-state index in [1.165, 1.54) is 0 Å². The van der Waals surface area contributed by atoms with Gasteiger partial charge in [-0.3, -0.25) is 4.68 Å². The molecule has 1 aromatic heterocycles. The van der Waals surface area contributed by atoms with E-state index in [1.54, 1.807) is 13.4 Å². The molecule has 1 saturated heterocycles. The second-order valence-corrected chi connectivity index (χ2v) is 5.09. The van der Waals surface area contributed by atoms with E-state index in [1.807, 2.05) is 4.68 Å². The number of hydrogen-bond donors (Lipinski definition) is 1. The van der Waals surface area contributed by atoms with Crippen LogP contribution in [0.4, 0.5) is 0 Å². The average Bonchev–Trinajstić information content (AvgIpc) is 2.87. The van der Waals surface area contributed by atoms with E-state index in [2.05, 4.69) is 17.0 Å². The Morgan fingerprint density at radius 3 is 2.89 bits per heavy atom. The first-order valence-electron chi connectivity index (χ1n) is 6.97. The molecule has 0 spiro atoms. The van der Waals surface area contributed by atoms with Gasteiger partial charge in [0.2, 0.25) is 0 Å². The SMILES string of the molecule is CCCn1ncnc1CC(N)C1(OC)CCOCC1. The van der Waals surface area contributed by atoms with E-state index in [4.69, 9.17) is 15.2 Å². The first kappa shape index (κ1) is 14.4. The van der Waals surface area contributed by atoms with E-state index in [0.717, 1.165) is 31.6 Å². The van der Waals surface area contributed by atoms with Crippen molar-refractivity contribution in [2.75, 3.05) is 20.3 Å². The number of methoxy groups -OCH3 is 1. The summed E-state index contributed by atoms with van der Waals surface area (Å²) >= 11 is 0. The van der Waals surface area contributed by atoms with Crippen molar-refractivity contribution >= 4 is 0 Å². The summed E-state index contributed by atoms with van der Waals surface area (Å²) in [5, 5.41) is 4.24. The maximum Gasteiger partial charge on any atom is 0.138 e. The molecule has 1 atom stereocenters. The summed E-state index contributed by atoms with van der Waals surface area (Å²) in [6, 6.07) is -0.0822. The van der Waals surface area contributed by atoms with Crippen LogP contribution in [0.25, 0.3) is 0 Å². The highest BCUT2D eigenvalue weighted by atomic mass is 16.5. The second kappa shape index (κ2) is 6.45. The zero-order valence-electron chi connectivity index (χ0n) is 11.8. The third-order valence-corrected chi connectivity index (χ3v) is 3.96. The van der Waals surface area contributed by atoms with Crippen molar-refractivity contribution in [3.05, 3.63) is 12.2 Å². The van der Waals surface area contributed by atoms with Gasteiger partial charge >= 0.3 is 0 Å². The van der Waals surface area contributed by atoms with Gasteiger partial charge in [0.15, 0.2) is 0 Å². The number of aromatic nitrogens is 3. The Balaban J connectivity index is 2.06. The predicted molar refractivity (Wildman–Crippen MR) is 71.8 cm³/mol. The lowest BCUT2D eigenvalue weighted by Gasteiger charge is -2.40. The lowest BCUT2D eigenvalue weighted by Crippen LogP contribution is -2.54. The van der Waals surface area contributed by atoms with Gasteiger partial charge in [0.25, 0.3) is 0 Å². The molecule has 1 unspecified atom stereocenters. The molecule has 1 fully saturated rings. The number of hydrogen-bond acceptors (Lipinski definition) is 5. The minimum absolute atomic E-state index is 0.0822. The Bertz CT molecular complexity index is 388. The Kier molecular flexibility index (Phi) is 4.90. The van der Waals surface area contributed by atoms with Crippen molar-refractivity contribution in [3.8, 4) is 0 Å². The van der Waals surface area contributed by atoms with Crippen LogP contribution >= 0.6 is 0 Å². The minimum atomic E-state index is -0.290. The zero-order chi connectivity index (χ0) is 13.7. The molecule has 6 heteroatoms. The molecular weight excluding hydrogens is 244 g/mol. The molecular formula is C13H24N4O2. The highest BCUT2D eigenvalue weighted by Crippen LogP contribution is 2.28. The number of ether oxygens (including phenoxy) is 2. The molecule has 0 bridgehead atoms. The van der Waals surface area contributed by atoms with Gasteiger partial charge in [-0.05, 0) is 6.42 Å². The third-order valence-electron chi connectivity index (χ3n) is 3.96. The molecule has 0 amide bonds. The number of aryl methyl sites for hydroxylation is 1. The van der Waals surface area contributed by atoms with Gasteiger partial charge in [-0.1, -0.05) is 6.92 Å². The topological polar surface area (TPSA) is 75.2 Å². The maximum absolute atomic E-state index is 6.39. The molecule has 0 aromatic carbocycles. The summed E-state index contributed by atoms with van der Waals surface area (Å²) in [4.78, 5) is 4.32. The minimum Gasteiger partial charge on any atom is -0.381 e. The van der Waals surface area contributed by atoms with Gasteiger partial charge in [0.1, 0.15) is 12.2 Å². The van der Waals surface area contributed by atoms with Crippen LogP contribution in [-0.4, -0.2) is 46.7 Å². The van der Waals surface area contributed by atoms with Crippen LogP contribution in [0, 0.1) is 0 Å². The fraction of sp³-hybridized carbons (Fsp3) is 0.846. The van der Waals surface area contributed by atoms with Crippen molar-refractivity contribution in [1.82, 2.24) is 14.8 Å². The fourth-order valence-corrected chi connectivity index (χ4v) is 2.67. The molecule has 0 radical (unpaired) electrons. The maximum atomic E-state index is 6.39. The van der Waals surface area contributed by atoms with Crippen LogP contribution in [0.5, 0.6) is 0 Å². The first-order valence-corrected chi connectivity index (χ1v) is 6.97. The highest BCUT2D eigenvalue weighted by Gasteiger charge is 2.39. The van der Waals surface area contributed by atoms with Gasteiger partial charge in [0, 0.05) is 52.2 Å². The summed E-state index contributed by atoms with van der Waals surface area (Å²) in [6.45, 7) is 4.43. The van der Waals surface area contributed by atoms with Crippen LogP contribution in [-0.2, 0) is 22.4 Å². The third kappa shape index (κ3) is 3.13. The summed E-state index contributed by atoms with van der Waals surface area (Å²) in [7, 11) is 1.74. The zero-order valence-corrected chi connectivity index (χ0v) is 11.8. The van der Waals surface area contributed by atoms with Crippen molar-refractivity contribution in [2.24, 2.45) is 5.73 Å². The van der Waals surface area contributed by atoms with Crippen molar-refractivity contribution < 1.29 is 9.47 Å². The van der Waals surface area contributed by atoms with E-state index in [9.17, 15) is 0 Å².